The summed E-state index contributed by atoms with van der Waals surface area (Å²) in [4.78, 5) is 31.7. The van der Waals surface area contributed by atoms with Crippen molar-refractivity contribution in [2.75, 3.05) is 31.6 Å². The van der Waals surface area contributed by atoms with E-state index in [0.717, 1.165) is 49.0 Å². The van der Waals surface area contributed by atoms with Crippen LogP contribution < -0.4 is 16.0 Å². The molecule has 3 N–H and O–H groups in total. The lowest BCUT2D eigenvalue weighted by Gasteiger charge is -2.23. The number of benzene rings is 1. The third-order valence-corrected chi connectivity index (χ3v) is 6.00. The van der Waals surface area contributed by atoms with Crippen LogP contribution in [0.3, 0.4) is 0 Å². The van der Waals surface area contributed by atoms with Crippen LogP contribution in [0.1, 0.15) is 37.9 Å². The molecule has 1 aromatic carbocycles. The molecule has 2 aliphatic heterocycles. The topological polar surface area (TPSA) is 132 Å². The van der Waals surface area contributed by atoms with E-state index in [9.17, 15) is 14.9 Å². The molecule has 2 unspecified atom stereocenters. The van der Waals surface area contributed by atoms with Crippen molar-refractivity contribution in [1.29, 1.82) is 5.26 Å². The van der Waals surface area contributed by atoms with E-state index in [1.165, 1.54) is 0 Å². The van der Waals surface area contributed by atoms with Crippen molar-refractivity contribution in [1.82, 2.24) is 15.5 Å². The number of anilines is 1. The molecule has 4 rings (SSSR count). The molecule has 2 saturated heterocycles. The van der Waals surface area contributed by atoms with Crippen LogP contribution in [0, 0.1) is 18.4 Å². The summed E-state index contributed by atoms with van der Waals surface area (Å²) in [6.07, 6.45) is 6.01. The minimum absolute atomic E-state index is 0.0114. The first-order valence-electron chi connectivity index (χ1n) is 11.7. The first kappa shape index (κ1) is 23.6. The van der Waals surface area contributed by atoms with E-state index in [0.29, 0.717) is 25.2 Å². The second kappa shape index (κ2) is 11.0. The number of carbonyl (C=O) groups excluding carboxylic acids is 2. The number of rotatable bonds is 6. The molecule has 10 nitrogen and oxygen atoms in total. The molecule has 2 aliphatic rings. The summed E-state index contributed by atoms with van der Waals surface area (Å²) < 4.78 is 11.1. The van der Waals surface area contributed by atoms with E-state index in [2.05, 4.69) is 20.9 Å². The van der Waals surface area contributed by atoms with Crippen LogP contribution in [0.25, 0.3) is 11.0 Å². The van der Waals surface area contributed by atoms with Gasteiger partial charge in [0.2, 0.25) is 17.8 Å². The Balaban J connectivity index is 1.42. The number of aliphatic imine (C=N–C) groups is 1. The Morgan fingerprint density at radius 3 is 2.94 bits per heavy atom. The molecule has 2 amide bonds. The molecular weight excluding hydrogens is 436 g/mol. The predicted octanol–water partition coefficient (Wildman–Crippen LogP) is 2.26. The number of furan rings is 1. The summed E-state index contributed by atoms with van der Waals surface area (Å²) in [6.45, 7) is 3.56. The summed E-state index contributed by atoms with van der Waals surface area (Å²) >= 11 is 0. The van der Waals surface area contributed by atoms with Gasteiger partial charge in [-0.15, -0.1) is 0 Å². The highest BCUT2D eigenvalue weighted by Gasteiger charge is 2.29. The van der Waals surface area contributed by atoms with Crippen LogP contribution in [-0.4, -0.2) is 61.1 Å². The van der Waals surface area contributed by atoms with Gasteiger partial charge < -0.3 is 24.7 Å². The number of nitrogens with one attached hydrogen (secondary N) is 3. The summed E-state index contributed by atoms with van der Waals surface area (Å²) in [5.41, 5.74) is 1.48. The van der Waals surface area contributed by atoms with Crippen LogP contribution in [0.5, 0.6) is 0 Å². The largest absolute Gasteiger partial charge is 0.461 e. The number of hydrogen-bond donors (Lipinski definition) is 3. The number of aryl methyl sites for hydroxylation is 1. The molecule has 1 aromatic heterocycles. The maximum absolute atomic E-state index is 13.2. The molecule has 34 heavy (non-hydrogen) atoms. The number of guanidine groups is 1. The van der Waals surface area contributed by atoms with E-state index in [-0.39, 0.29) is 30.4 Å². The number of nitriles is 1. The highest BCUT2D eigenvalue weighted by molar-refractivity contribution is 5.98. The third kappa shape index (κ3) is 6.05. The molecule has 0 spiro atoms. The Kier molecular flexibility index (Phi) is 7.65. The van der Waals surface area contributed by atoms with Crippen LogP contribution in [-0.2, 0) is 14.3 Å². The van der Waals surface area contributed by atoms with Gasteiger partial charge >= 0.3 is 0 Å². The number of carbonyl (C=O) groups is 2. The SMILES string of the molecule is Cc1cc2cc(NC(=NC3CCCCN(CC(=O)NCC4CCCO4)C3=O)NC#N)ccc2o1. The maximum atomic E-state index is 13.2. The van der Waals surface area contributed by atoms with Crippen molar-refractivity contribution in [3.05, 3.63) is 30.0 Å². The Morgan fingerprint density at radius 1 is 1.26 bits per heavy atom. The summed E-state index contributed by atoms with van der Waals surface area (Å²) in [6, 6.07) is 6.78. The first-order chi connectivity index (χ1) is 16.5. The van der Waals surface area contributed by atoms with Gasteiger partial charge in [-0.25, -0.2) is 4.99 Å². The number of ether oxygens (including phenoxy) is 1. The molecule has 2 fully saturated rings. The summed E-state index contributed by atoms with van der Waals surface area (Å²) in [7, 11) is 0. The molecule has 3 heterocycles. The minimum Gasteiger partial charge on any atom is -0.461 e. The Morgan fingerprint density at radius 2 is 2.15 bits per heavy atom. The number of fused-ring (bicyclic) bond motifs is 1. The van der Waals surface area contributed by atoms with E-state index < -0.39 is 6.04 Å². The third-order valence-electron chi connectivity index (χ3n) is 6.00. The van der Waals surface area contributed by atoms with E-state index in [1.54, 1.807) is 4.90 Å². The van der Waals surface area contributed by atoms with Gasteiger partial charge in [-0.05, 0) is 63.3 Å². The molecule has 10 heteroatoms. The standard InChI is InChI=1S/C24H30N6O4/c1-16-11-17-12-18(7-8-21(17)34-16)28-24(27-15-25)29-20-6-2-3-9-30(23(20)32)14-22(31)26-13-19-5-4-10-33-19/h7-8,11-12,19-20H,2-6,9-10,13-14H2,1H3,(H,26,31)(H2,27,28,29). The van der Waals surface area contributed by atoms with Crippen molar-refractivity contribution in [2.45, 2.75) is 51.2 Å². The van der Waals surface area contributed by atoms with Crippen molar-refractivity contribution in [3.8, 4) is 6.19 Å². The number of nitrogens with zero attached hydrogens (tertiary/aromatic N) is 3. The Labute approximate surface area is 198 Å². The quantitative estimate of drug-likeness (QED) is 0.257. The smallest absolute Gasteiger partial charge is 0.247 e. The van der Waals surface area contributed by atoms with E-state index >= 15 is 0 Å². The molecule has 0 bridgehead atoms. The number of likely N-dealkylation sites (tertiary alicyclic amines) is 1. The van der Waals surface area contributed by atoms with Gasteiger partial charge in [-0.2, -0.15) is 5.26 Å². The Hall–Kier alpha value is -3.58. The fourth-order valence-corrected chi connectivity index (χ4v) is 4.32. The van der Waals surface area contributed by atoms with Gasteiger partial charge in [0.25, 0.3) is 0 Å². The Bertz CT molecular complexity index is 1100. The lowest BCUT2D eigenvalue weighted by atomic mass is 10.1. The average molecular weight is 467 g/mol. The highest BCUT2D eigenvalue weighted by atomic mass is 16.5. The lowest BCUT2D eigenvalue weighted by molar-refractivity contribution is -0.136. The van der Waals surface area contributed by atoms with Crippen molar-refractivity contribution >= 4 is 34.4 Å². The van der Waals surface area contributed by atoms with Crippen molar-refractivity contribution in [3.63, 3.8) is 0 Å². The predicted molar refractivity (Wildman–Crippen MR) is 127 cm³/mol. The van der Waals surface area contributed by atoms with Gasteiger partial charge in [-0.1, -0.05) is 0 Å². The van der Waals surface area contributed by atoms with Crippen molar-refractivity contribution in [2.24, 2.45) is 4.99 Å². The highest BCUT2D eigenvalue weighted by Crippen LogP contribution is 2.23. The second-order valence-electron chi connectivity index (χ2n) is 8.66. The zero-order chi connectivity index (χ0) is 23.9. The van der Waals surface area contributed by atoms with Gasteiger partial charge in [0.05, 0.1) is 12.6 Å². The molecule has 0 radical (unpaired) electrons. The molecule has 0 aliphatic carbocycles. The molecular formula is C24H30N6O4. The number of amides is 2. The molecule has 0 saturated carbocycles. The van der Waals surface area contributed by atoms with Crippen LogP contribution in [0.4, 0.5) is 5.69 Å². The zero-order valence-corrected chi connectivity index (χ0v) is 19.3. The number of hydrogen-bond acceptors (Lipinski definition) is 6. The summed E-state index contributed by atoms with van der Waals surface area (Å²) in [5.74, 6) is 0.570. The van der Waals surface area contributed by atoms with Crippen LogP contribution >= 0.6 is 0 Å². The molecule has 180 valence electrons. The normalized spacial score (nSPS) is 21.2. The average Bonchev–Trinajstić information content (AvgIpc) is 3.43. The van der Waals surface area contributed by atoms with Gasteiger partial charge in [0.1, 0.15) is 17.4 Å². The van der Waals surface area contributed by atoms with E-state index in [4.69, 9.17) is 9.15 Å². The van der Waals surface area contributed by atoms with Crippen LogP contribution in [0.2, 0.25) is 0 Å². The minimum atomic E-state index is -0.684. The molecule has 2 atom stereocenters. The van der Waals surface area contributed by atoms with Gasteiger partial charge in [0.15, 0.2) is 6.19 Å². The fourth-order valence-electron chi connectivity index (χ4n) is 4.32. The first-order valence-corrected chi connectivity index (χ1v) is 11.7. The molecule has 2 aromatic rings. The maximum Gasteiger partial charge on any atom is 0.247 e. The monoisotopic (exact) mass is 466 g/mol. The van der Waals surface area contributed by atoms with Gasteiger partial charge in [-0.3, -0.25) is 14.9 Å². The van der Waals surface area contributed by atoms with Gasteiger partial charge in [0, 0.05) is 30.8 Å². The van der Waals surface area contributed by atoms with E-state index in [1.807, 2.05) is 37.4 Å². The van der Waals surface area contributed by atoms with Crippen LogP contribution in [0.15, 0.2) is 33.7 Å². The lowest BCUT2D eigenvalue weighted by Crippen LogP contribution is -2.45. The zero-order valence-electron chi connectivity index (χ0n) is 19.3. The fraction of sp³-hybridized carbons (Fsp3) is 0.500. The summed E-state index contributed by atoms with van der Waals surface area (Å²) in [5, 5.41) is 18.6. The van der Waals surface area contributed by atoms with Crippen molar-refractivity contribution < 1.29 is 18.7 Å². The second-order valence-corrected chi connectivity index (χ2v) is 8.66.